The molecule has 0 unspecified atom stereocenters. The second kappa shape index (κ2) is 4.07. The lowest BCUT2D eigenvalue weighted by Gasteiger charge is -2.06. The molecule has 2 rings (SSSR count). The van der Waals surface area contributed by atoms with Gasteiger partial charge in [0.2, 0.25) is 0 Å². The van der Waals surface area contributed by atoms with Gasteiger partial charge in [-0.05, 0) is 51.7 Å². The number of rotatable bonds is 1. The third-order valence-electron chi connectivity index (χ3n) is 2.40. The summed E-state index contributed by atoms with van der Waals surface area (Å²) in [5.41, 5.74) is 3.53. The molecule has 1 N–H and O–H groups in total. The second-order valence-corrected chi connectivity index (χ2v) is 4.34. The van der Waals surface area contributed by atoms with Crippen molar-refractivity contribution in [3.05, 3.63) is 52.5 Å². The van der Waals surface area contributed by atoms with E-state index in [0.717, 1.165) is 10.0 Å². The van der Waals surface area contributed by atoms with Gasteiger partial charge in [-0.2, -0.15) is 0 Å². The first kappa shape index (κ1) is 10.2. The highest BCUT2D eigenvalue weighted by Gasteiger charge is 2.03. The van der Waals surface area contributed by atoms with Crippen LogP contribution in [0.4, 0.5) is 0 Å². The van der Waals surface area contributed by atoms with Crippen molar-refractivity contribution < 1.29 is 5.11 Å². The van der Waals surface area contributed by atoms with Crippen LogP contribution in [0.2, 0.25) is 0 Å². The van der Waals surface area contributed by atoms with Crippen molar-refractivity contribution >= 4 is 15.9 Å². The average Bonchev–Trinajstić information content (AvgIpc) is 2.23. The fourth-order valence-corrected chi connectivity index (χ4v) is 1.95. The van der Waals surface area contributed by atoms with Gasteiger partial charge in [0.05, 0.1) is 4.47 Å². The van der Waals surface area contributed by atoms with Gasteiger partial charge in [-0.1, -0.05) is 30.3 Å². The van der Waals surface area contributed by atoms with Crippen LogP contribution in [0.5, 0.6) is 5.75 Å². The number of phenolic OH excluding ortho intramolecular Hbond substituents is 1. The van der Waals surface area contributed by atoms with E-state index in [1.165, 1.54) is 11.1 Å². The summed E-state index contributed by atoms with van der Waals surface area (Å²) in [4.78, 5) is 0. The smallest absolute Gasteiger partial charge is 0.129 e. The SMILES string of the molecule is Cc1ccccc1-c1ccc(O)c(Br)c1. The molecule has 0 saturated carbocycles. The highest BCUT2D eigenvalue weighted by atomic mass is 79.9. The Hall–Kier alpha value is -1.28. The lowest BCUT2D eigenvalue weighted by molar-refractivity contribution is 0.472. The number of hydrogen-bond acceptors (Lipinski definition) is 1. The highest BCUT2D eigenvalue weighted by Crippen LogP contribution is 2.30. The molecule has 0 saturated heterocycles. The van der Waals surface area contributed by atoms with E-state index in [4.69, 9.17) is 0 Å². The Balaban J connectivity index is 2.55. The van der Waals surface area contributed by atoms with E-state index in [1.807, 2.05) is 24.3 Å². The maximum atomic E-state index is 9.41. The monoisotopic (exact) mass is 262 g/mol. The molecule has 0 radical (unpaired) electrons. The molecular formula is C13H11BrO. The van der Waals surface area contributed by atoms with Crippen LogP contribution < -0.4 is 0 Å². The van der Waals surface area contributed by atoms with Crippen molar-refractivity contribution in [1.82, 2.24) is 0 Å². The molecule has 0 fully saturated rings. The summed E-state index contributed by atoms with van der Waals surface area (Å²) in [6.07, 6.45) is 0. The molecule has 2 aromatic carbocycles. The minimum absolute atomic E-state index is 0.271. The van der Waals surface area contributed by atoms with Gasteiger partial charge in [0.25, 0.3) is 0 Å². The van der Waals surface area contributed by atoms with Crippen LogP contribution in [-0.4, -0.2) is 5.11 Å². The maximum absolute atomic E-state index is 9.41. The number of aromatic hydroxyl groups is 1. The summed E-state index contributed by atoms with van der Waals surface area (Å²) in [6, 6.07) is 13.7. The Labute approximate surface area is 97.5 Å². The zero-order valence-electron chi connectivity index (χ0n) is 8.37. The Kier molecular flexibility index (Phi) is 2.78. The zero-order valence-corrected chi connectivity index (χ0v) is 9.95. The van der Waals surface area contributed by atoms with Gasteiger partial charge in [-0.25, -0.2) is 0 Å². The Morgan fingerprint density at radius 2 is 1.80 bits per heavy atom. The van der Waals surface area contributed by atoms with Crippen LogP contribution in [0, 0.1) is 6.92 Å². The average molecular weight is 263 g/mol. The van der Waals surface area contributed by atoms with E-state index in [0.29, 0.717) is 0 Å². The minimum atomic E-state index is 0.271. The van der Waals surface area contributed by atoms with Crippen LogP contribution in [0.1, 0.15) is 5.56 Å². The van der Waals surface area contributed by atoms with Gasteiger partial charge >= 0.3 is 0 Å². The maximum Gasteiger partial charge on any atom is 0.129 e. The van der Waals surface area contributed by atoms with Crippen LogP contribution in [0.3, 0.4) is 0 Å². The summed E-state index contributed by atoms with van der Waals surface area (Å²) in [6.45, 7) is 2.08. The molecule has 0 heterocycles. The standard InChI is InChI=1S/C13H11BrO/c1-9-4-2-3-5-11(9)10-6-7-13(15)12(14)8-10/h2-8,15H,1H3. The summed E-state index contributed by atoms with van der Waals surface area (Å²) in [7, 11) is 0. The lowest BCUT2D eigenvalue weighted by Crippen LogP contribution is -1.82. The van der Waals surface area contributed by atoms with Crippen molar-refractivity contribution in [2.75, 3.05) is 0 Å². The van der Waals surface area contributed by atoms with Crippen LogP contribution >= 0.6 is 15.9 Å². The normalized spacial score (nSPS) is 10.3. The third-order valence-corrected chi connectivity index (χ3v) is 3.04. The van der Waals surface area contributed by atoms with Crippen molar-refractivity contribution in [2.24, 2.45) is 0 Å². The van der Waals surface area contributed by atoms with E-state index in [9.17, 15) is 5.11 Å². The predicted molar refractivity (Wildman–Crippen MR) is 66.0 cm³/mol. The molecule has 2 aromatic rings. The number of hydrogen-bond donors (Lipinski definition) is 1. The number of phenols is 1. The summed E-state index contributed by atoms with van der Waals surface area (Å²) >= 11 is 3.32. The molecule has 0 spiro atoms. The van der Waals surface area contributed by atoms with Crippen molar-refractivity contribution in [1.29, 1.82) is 0 Å². The quantitative estimate of drug-likeness (QED) is 0.820. The summed E-state index contributed by atoms with van der Waals surface area (Å²) in [5.74, 6) is 0.271. The van der Waals surface area contributed by atoms with Crippen molar-refractivity contribution in [3.63, 3.8) is 0 Å². The molecule has 0 atom stereocenters. The van der Waals surface area contributed by atoms with Gasteiger partial charge in [-0.15, -0.1) is 0 Å². The van der Waals surface area contributed by atoms with E-state index in [-0.39, 0.29) is 5.75 Å². The molecule has 0 aliphatic carbocycles. The fourth-order valence-electron chi connectivity index (χ4n) is 1.57. The van der Waals surface area contributed by atoms with Gasteiger partial charge < -0.3 is 5.11 Å². The number of benzene rings is 2. The fraction of sp³-hybridized carbons (Fsp3) is 0.0769. The molecule has 0 aliphatic heterocycles. The van der Waals surface area contributed by atoms with Crippen LogP contribution in [0.15, 0.2) is 46.9 Å². The van der Waals surface area contributed by atoms with Gasteiger partial charge in [0.1, 0.15) is 5.75 Å². The summed E-state index contributed by atoms with van der Waals surface area (Å²) in [5, 5.41) is 9.41. The second-order valence-electron chi connectivity index (χ2n) is 3.48. The van der Waals surface area contributed by atoms with Crippen molar-refractivity contribution in [3.8, 4) is 16.9 Å². The van der Waals surface area contributed by atoms with Gasteiger partial charge in [-0.3, -0.25) is 0 Å². The molecule has 76 valence electrons. The lowest BCUT2D eigenvalue weighted by atomic mass is 10.0. The highest BCUT2D eigenvalue weighted by molar-refractivity contribution is 9.10. The van der Waals surface area contributed by atoms with Crippen LogP contribution in [-0.2, 0) is 0 Å². The van der Waals surface area contributed by atoms with E-state index < -0.39 is 0 Å². The van der Waals surface area contributed by atoms with Gasteiger partial charge in [0.15, 0.2) is 0 Å². The molecule has 0 amide bonds. The van der Waals surface area contributed by atoms with E-state index in [1.54, 1.807) is 6.07 Å². The Morgan fingerprint density at radius 3 is 2.47 bits per heavy atom. The molecule has 2 heteroatoms. The van der Waals surface area contributed by atoms with E-state index >= 15 is 0 Å². The predicted octanol–water partition coefficient (Wildman–Crippen LogP) is 4.13. The molecule has 0 aromatic heterocycles. The minimum Gasteiger partial charge on any atom is -0.507 e. The molecular weight excluding hydrogens is 252 g/mol. The largest absolute Gasteiger partial charge is 0.507 e. The number of halogens is 1. The van der Waals surface area contributed by atoms with E-state index in [2.05, 4.69) is 35.0 Å². The summed E-state index contributed by atoms with van der Waals surface area (Å²) < 4.78 is 0.725. The molecule has 15 heavy (non-hydrogen) atoms. The van der Waals surface area contributed by atoms with Crippen LogP contribution in [0.25, 0.3) is 11.1 Å². The Bertz CT molecular complexity index is 492. The molecule has 0 aliphatic rings. The van der Waals surface area contributed by atoms with Crippen molar-refractivity contribution in [2.45, 2.75) is 6.92 Å². The third kappa shape index (κ3) is 2.05. The topological polar surface area (TPSA) is 20.2 Å². The first-order valence-electron chi connectivity index (χ1n) is 4.73. The first-order chi connectivity index (χ1) is 7.18. The zero-order chi connectivity index (χ0) is 10.8. The van der Waals surface area contributed by atoms with Gasteiger partial charge in [0, 0.05) is 0 Å². The molecule has 1 nitrogen and oxygen atoms in total. The Morgan fingerprint density at radius 1 is 1.07 bits per heavy atom. The number of aryl methyl sites for hydroxylation is 1. The molecule has 0 bridgehead atoms. The first-order valence-corrected chi connectivity index (χ1v) is 5.52.